The summed E-state index contributed by atoms with van der Waals surface area (Å²) in [6.07, 6.45) is 5.74. The van der Waals surface area contributed by atoms with E-state index in [4.69, 9.17) is 0 Å². The average molecular weight is 209 g/mol. The quantitative estimate of drug-likeness (QED) is 0.801. The molecule has 1 atom stereocenters. The van der Waals surface area contributed by atoms with E-state index in [1.165, 1.54) is 30.6 Å². The van der Waals surface area contributed by atoms with Gasteiger partial charge in [0.25, 0.3) is 0 Å². The van der Waals surface area contributed by atoms with E-state index in [1.54, 1.807) is 0 Å². The second-order valence-corrected chi connectivity index (χ2v) is 5.33. The van der Waals surface area contributed by atoms with E-state index < -0.39 is 0 Å². The normalized spacial score (nSPS) is 20.1. The lowest BCUT2D eigenvalue weighted by molar-refractivity contribution is 0.381. The number of hydrogen-bond donors (Lipinski definition) is 1. The van der Waals surface area contributed by atoms with Crippen molar-refractivity contribution in [2.45, 2.75) is 45.2 Å². The summed E-state index contributed by atoms with van der Waals surface area (Å²) in [7, 11) is 0. The first-order chi connectivity index (χ1) is 6.86. The van der Waals surface area contributed by atoms with Crippen molar-refractivity contribution < 1.29 is 0 Å². The molecule has 0 aromatic carbocycles. The third-order valence-electron chi connectivity index (χ3n) is 3.29. The lowest BCUT2D eigenvalue weighted by atomic mass is 10.00. The summed E-state index contributed by atoms with van der Waals surface area (Å²) >= 11 is 1.84. The minimum absolute atomic E-state index is 0.694. The van der Waals surface area contributed by atoms with Gasteiger partial charge in [-0.3, -0.25) is 0 Å². The summed E-state index contributed by atoms with van der Waals surface area (Å²) in [6.45, 7) is 3.39. The van der Waals surface area contributed by atoms with Crippen molar-refractivity contribution in [2.24, 2.45) is 5.92 Å². The minimum atomic E-state index is 0.694. The van der Waals surface area contributed by atoms with E-state index in [0.29, 0.717) is 6.04 Å². The number of nitrogens with one attached hydrogen (secondary N) is 1. The zero-order valence-electron chi connectivity index (χ0n) is 8.83. The second kappa shape index (κ2) is 4.94. The molecule has 78 valence electrons. The fourth-order valence-corrected chi connectivity index (χ4v) is 2.95. The molecule has 1 nitrogen and oxygen atoms in total. The van der Waals surface area contributed by atoms with Crippen molar-refractivity contribution in [3.8, 4) is 0 Å². The SMILES string of the molecule is C[C@H](NCc1cccs1)C1CCCC1. The Bertz CT molecular complexity index is 249. The Hall–Kier alpha value is -0.340. The van der Waals surface area contributed by atoms with Crippen LogP contribution in [0.3, 0.4) is 0 Å². The van der Waals surface area contributed by atoms with Crippen LogP contribution in [0.1, 0.15) is 37.5 Å². The van der Waals surface area contributed by atoms with Crippen LogP contribution < -0.4 is 5.32 Å². The zero-order chi connectivity index (χ0) is 9.80. The molecule has 2 rings (SSSR count). The van der Waals surface area contributed by atoms with Gasteiger partial charge >= 0.3 is 0 Å². The molecule has 2 heteroatoms. The van der Waals surface area contributed by atoms with Crippen molar-refractivity contribution in [3.63, 3.8) is 0 Å². The van der Waals surface area contributed by atoms with Crippen molar-refractivity contribution in [1.29, 1.82) is 0 Å². The Kier molecular flexibility index (Phi) is 3.60. The van der Waals surface area contributed by atoms with Crippen LogP contribution in [0.5, 0.6) is 0 Å². The third-order valence-corrected chi connectivity index (χ3v) is 4.16. The molecule has 0 aliphatic heterocycles. The molecule has 0 saturated heterocycles. The van der Waals surface area contributed by atoms with Crippen LogP contribution in [-0.4, -0.2) is 6.04 Å². The van der Waals surface area contributed by atoms with Gasteiger partial charge in [-0.25, -0.2) is 0 Å². The van der Waals surface area contributed by atoms with E-state index in [1.807, 2.05) is 11.3 Å². The van der Waals surface area contributed by atoms with E-state index >= 15 is 0 Å². The topological polar surface area (TPSA) is 12.0 Å². The van der Waals surface area contributed by atoms with Crippen LogP contribution in [0.25, 0.3) is 0 Å². The summed E-state index contributed by atoms with van der Waals surface area (Å²) < 4.78 is 0. The van der Waals surface area contributed by atoms with Gasteiger partial charge in [0.15, 0.2) is 0 Å². The molecular weight excluding hydrogens is 190 g/mol. The molecule has 1 aromatic heterocycles. The fraction of sp³-hybridized carbons (Fsp3) is 0.667. The molecule has 0 amide bonds. The highest BCUT2D eigenvalue weighted by atomic mass is 32.1. The summed E-state index contributed by atoms with van der Waals surface area (Å²) in [5, 5.41) is 5.79. The Labute approximate surface area is 90.5 Å². The second-order valence-electron chi connectivity index (χ2n) is 4.29. The average Bonchev–Trinajstić information content (AvgIpc) is 2.87. The Morgan fingerprint density at radius 3 is 2.93 bits per heavy atom. The van der Waals surface area contributed by atoms with Gasteiger partial charge in [-0.05, 0) is 37.1 Å². The maximum Gasteiger partial charge on any atom is 0.0302 e. The van der Waals surface area contributed by atoms with Crippen LogP contribution in [-0.2, 0) is 6.54 Å². The van der Waals surface area contributed by atoms with Gasteiger partial charge in [0.05, 0.1) is 0 Å². The maximum absolute atomic E-state index is 3.64. The van der Waals surface area contributed by atoms with Crippen molar-refractivity contribution in [3.05, 3.63) is 22.4 Å². The highest BCUT2D eigenvalue weighted by molar-refractivity contribution is 7.09. The first kappa shape index (κ1) is 10.2. The van der Waals surface area contributed by atoms with Gasteiger partial charge < -0.3 is 5.32 Å². The lowest BCUT2D eigenvalue weighted by Crippen LogP contribution is -2.31. The van der Waals surface area contributed by atoms with Crippen molar-refractivity contribution in [1.82, 2.24) is 5.32 Å². The highest BCUT2D eigenvalue weighted by Gasteiger charge is 2.20. The van der Waals surface area contributed by atoms with Crippen LogP contribution in [0.2, 0.25) is 0 Å². The van der Waals surface area contributed by atoms with E-state index in [2.05, 4.69) is 29.8 Å². The Balaban J connectivity index is 1.74. The summed E-state index contributed by atoms with van der Waals surface area (Å²) in [4.78, 5) is 1.45. The van der Waals surface area contributed by atoms with E-state index in [-0.39, 0.29) is 0 Å². The van der Waals surface area contributed by atoms with Gasteiger partial charge in [-0.2, -0.15) is 0 Å². The largest absolute Gasteiger partial charge is 0.309 e. The molecule has 0 unspecified atom stereocenters. The highest BCUT2D eigenvalue weighted by Crippen LogP contribution is 2.27. The smallest absolute Gasteiger partial charge is 0.0302 e. The van der Waals surface area contributed by atoms with E-state index in [0.717, 1.165) is 12.5 Å². The zero-order valence-corrected chi connectivity index (χ0v) is 9.65. The first-order valence-corrected chi connectivity index (χ1v) is 6.50. The van der Waals surface area contributed by atoms with Crippen molar-refractivity contribution in [2.75, 3.05) is 0 Å². The summed E-state index contributed by atoms with van der Waals surface area (Å²) in [6, 6.07) is 5.03. The molecule has 1 aromatic rings. The van der Waals surface area contributed by atoms with Crippen LogP contribution in [0, 0.1) is 5.92 Å². The molecule has 0 spiro atoms. The Morgan fingerprint density at radius 2 is 2.29 bits per heavy atom. The summed E-state index contributed by atoms with van der Waals surface area (Å²) in [5.41, 5.74) is 0. The predicted octanol–water partition coefficient (Wildman–Crippen LogP) is 3.42. The molecule has 1 saturated carbocycles. The van der Waals surface area contributed by atoms with Crippen LogP contribution in [0.15, 0.2) is 17.5 Å². The van der Waals surface area contributed by atoms with Gasteiger partial charge in [0.1, 0.15) is 0 Å². The van der Waals surface area contributed by atoms with Gasteiger partial charge in [0, 0.05) is 17.5 Å². The molecule has 0 radical (unpaired) electrons. The third kappa shape index (κ3) is 2.58. The maximum atomic E-state index is 3.64. The van der Waals surface area contributed by atoms with Crippen molar-refractivity contribution >= 4 is 11.3 Å². The standard InChI is InChI=1S/C12H19NS/c1-10(11-5-2-3-6-11)13-9-12-7-4-8-14-12/h4,7-8,10-11,13H,2-3,5-6,9H2,1H3/t10-/m0/s1. The monoisotopic (exact) mass is 209 g/mol. The first-order valence-electron chi connectivity index (χ1n) is 5.62. The van der Waals surface area contributed by atoms with Gasteiger partial charge in [-0.1, -0.05) is 18.9 Å². The predicted molar refractivity (Wildman–Crippen MR) is 62.6 cm³/mol. The number of rotatable bonds is 4. The van der Waals surface area contributed by atoms with Crippen LogP contribution in [0.4, 0.5) is 0 Å². The molecule has 1 heterocycles. The van der Waals surface area contributed by atoms with Gasteiger partial charge in [0.2, 0.25) is 0 Å². The fourth-order valence-electron chi connectivity index (χ4n) is 2.30. The molecule has 0 bridgehead atoms. The molecule has 1 N–H and O–H groups in total. The van der Waals surface area contributed by atoms with Gasteiger partial charge in [-0.15, -0.1) is 11.3 Å². The minimum Gasteiger partial charge on any atom is -0.309 e. The Morgan fingerprint density at radius 1 is 1.50 bits per heavy atom. The van der Waals surface area contributed by atoms with E-state index in [9.17, 15) is 0 Å². The molecule has 1 aliphatic rings. The summed E-state index contributed by atoms with van der Waals surface area (Å²) in [5.74, 6) is 0.926. The molecule has 1 aliphatic carbocycles. The lowest BCUT2D eigenvalue weighted by Gasteiger charge is -2.19. The number of hydrogen-bond acceptors (Lipinski definition) is 2. The molecule has 14 heavy (non-hydrogen) atoms. The molecular formula is C12H19NS. The van der Waals surface area contributed by atoms with Crippen LogP contribution >= 0.6 is 11.3 Å². The number of thiophene rings is 1. The molecule has 1 fully saturated rings.